The predicted octanol–water partition coefficient (Wildman–Crippen LogP) is 4.74. The maximum Gasteiger partial charge on any atom is 0.0923 e. The first-order chi connectivity index (χ1) is 9.75. The van der Waals surface area contributed by atoms with Crippen molar-refractivity contribution < 1.29 is 5.11 Å². The Morgan fingerprint density at radius 3 is 2.60 bits per heavy atom. The molecule has 20 heavy (non-hydrogen) atoms. The Balaban J connectivity index is 2.12. The van der Waals surface area contributed by atoms with Crippen LogP contribution < -0.4 is 0 Å². The van der Waals surface area contributed by atoms with E-state index in [1.165, 1.54) is 27.1 Å². The van der Waals surface area contributed by atoms with Crippen molar-refractivity contribution in [2.45, 2.75) is 23.8 Å². The summed E-state index contributed by atoms with van der Waals surface area (Å²) in [6, 6.07) is 17.1. The number of aryl methyl sites for hydroxylation is 1. The number of rotatable bonds is 0. The second-order valence-electron chi connectivity index (χ2n) is 5.52. The Kier molecular flexibility index (Phi) is 2.83. The highest BCUT2D eigenvalue weighted by Gasteiger charge is 2.27. The topological polar surface area (TPSA) is 20.2 Å². The molecule has 0 unspecified atom stereocenters. The molecule has 3 aromatic rings. The fraction of sp³-hybridized carbons (Fsp3) is 0.222. The molecule has 0 aromatic heterocycles. The minimum atomic E-state index is -0.413. The lowest BCUT2D eigenvalue weighted by Gasteiger charge is -2.28. The van der Waals surface area contributed by atoms with Crippen molar-refractivity contribution in [2.75, 3.05) is 0 Å². The van der Waals surface area contributed by atoms with Crippen LogP contribution >= 0.6 is 15.9 Å². The van der Waals surface area contributed by atoms with E-state index in [0.29, 0.717) is 0 Å². The number of hydrogen-bond acceptors (Lipinski definition) is 1. The minimum absolute atomic E-state index is 0.159. The van der Waals surface area contributed by atoms with Crippen LogP contribution in [-0.2, 0) is 6.42 Å². The van der Waals surface area contributed by atoms with Crippen LogP contribution in [0.3, 0.4) is 0 Å². The average molecular weight is 327 g/mol. The van der Waals surface area contributed by atoms with Gasteiger partial charge < -0.3 is 5.11 Å². The zero-order chi connectivity index (χ0) is 13.7. The summed E-state index contributed by atoms with van der Waals surface area (Å²) in [5, 5.41) is 15.5. The van der Waals surface area contributed by atoms with Crippen molar-refractivity contribution in [1.29, 1.82) is 0 Å². The molecule has 0 bridgehead atoms. The quantitative estimate of drug-likeness (QED) is 0.467. The second-order valence-corrected chi connectivity index (χ2v) is 6.70. The zero-order valence-corrected chi connectivity index (χ0v) is 12.6. The molecule has 3 aromatic carbocycles. The van der Waals surface area contributed by atoms with Crippen molar-refractivity contribution in [2.24, 2.45) is 0 Å². The lowest BCUT2D eigenvalue weighted by Crippen LogP contribution is -2.20. The SMILES string of the molecule is O[C@H]1c2c(ccc3c2ccc2ccccc23)CC[C@@H]1Br. The molecular formula is C18H15BrO. The summed E-state index contributed by atoms with van der Waals surface area (Å²) in [6.07, 6.45) is 1.61. The van der Waals surface area contributed by atoms with E-state index in [1.807, 2.05) is 0 Å². The summed E-state index contributed by atoms with van der Waals surface area (Å²) in [6.45, 7) is 0. The van der Waals surface area contributed by atoms with Gasteiger partial charge in [-0.15, -0.1) is 0 Å². The lowest BCUT2D eigenvalue weighted by atomic mass is 9.84. The first-order valence-corrected chi connectivity index (χ1v) is 7.92. The van der Waals surface area contributed by atoms with Gasteiger partial charge in [0, 0.05) is 4.83 Å². The average Bonchev–Trinajstić information content (AvgIpc) is 2.50. The number of hydrogen-bond donors (Lipinski definition) is 1. The Labute approximate surface area is 126 Å². The molecule has 0 heterocycles. The summed E-state index contributed by atoms with van der Waals surface area (Å²) in [7, 11) is 0. The van der Waals surface area contributed by atoms with Crippen LogP contribution in [0.1, 0.15) is 23.7 Å². The maximum absolute atomic E-state index is 10.6. The highest BCUT2D eigenvalue weighted by atomic mass is 79.9. The number of halogens is 1. The normalized spacial score (nSPS) is 22.1. The minimum Gasteiger partial charge on any atom is -0.387 e. The van der Waals surface area contributed by atoms with Gasteiger partial charge in [-0.1, -0.05) is 64.5 Å². The standard InChI is InChI=1S/C18H15BrO/c19-16-10-7-12-6-8-14-13-4-2-1-3-11(13)5-9-15(14)17(12)18(16)20/h1-6,8-9,16,18,20H,7,10H2/t16-,18+/m0/s1. The highest BCUT2D eigenvalue weighted by Crippen LogP contribution is 2.40. The molecule has 0 saturated carbocycles. The van der Waals surface area contributed by atoms with E-state index >= 15 is 0 Å². The summed E-state index contributed by atoms with van der Waals surface area (Å²) in [5.41, 5.74) is 2.40. The van der Waals surface area contributed by atoms with E-state index in [9.17, 15) is 5.11 Å². The number of aliphatic hydroxyl groups is 1. The van der Waals surface area contributed by atoms with E-state index < -0.39 is 6.10 Å². The molecule has 0 saturated heterocycles. The maximum atomic E-state index is 10.6. The van der Waals surface area contributed by atoms with Gasteiger partial charge in [0.1, 0.15) is 0 Å². The van der Waals surface area contributed by atoms with Gasteiger partial charge >= 0.3 is 0 Å². The smallest absolute Gasteiger partial charge is 0.0923 e. The Morgan fingerprint density at radius 2 is 1.70 bits per heavy atom. The predicted molar refractivity (Wildman–Crippen MR) is 87.4 cm³/mol. The summed E-state index contributed by atoms with van der Waals surface area (Å²) in [4.78, 5) is 0.159. The van der Waals surface area contributed by atoms with Crippen molar-refractivity contribution in [3.8, 4) is 0 Å². The van der Waals surface area contributed by atoms with Crippen LogP contribution in [-0.4, -0.2) is 9.93 Å². The van der Waals surface area contributed by atoms with E-state index in [1.54, 1.807) is 0 Å². The van der Waals surface area contributed by atoms with Gasteiger partial charge in [-0.05, 0) is 45.5 Å². The molecule has 0 radical (unpaired) electrons. The van der Waals surface area contributed by atoms with Crippen molar-refractivity contribution in [3.63, 3.8) is 0 Å². The molecule has 1 aliphatic rings. The number of alkyl halides is 1. The van der Waals surface area contributed by atoms with Gasteiger partial charge in [-0.25, -0.2) is 0 Å². The summed E-state index contributed by atoms with van der Waals surface area (Å²) in [5.74, 6) is 0. The van der Waals surface area contributed by atoms with Gasteiger partial charge in [-0.3, -0.25) is 0 Å². The largest absolute Gasteiger partial charge is 0.387 e. The molecule has 0 aliphatic heterocycles. The first kappa shape index (κ1) is 12.4. The van der Waals surface area contributed by atoms with Gasteiger partial charge in [0.05, 0.1) is 6.10 Å². The van der Waals surface area contributed by atoms with E-state index in [4.69, 9.17) is 0 Å². The van der Waals surface area contributed by atoms with Crippen LogP contribution in [0.2, 0.25) is 0 Å². The lowest BCUT2D eigenvalue weighted by molar-refractivity contribution is 0.167. The first-order valence-electron chi connectivity index (χ1n) is 7.01. The molecule has 0 spiro atoms. The van der Waals surface area contributed by atoms with Gasteiger partial charge in [-0.2, -0.15) is 0 Å². The highest BCUT2D eigenvalue weighted by molar-refractivity contribution is 9.09. The van der Waals surface area contributed by atoms with Crippen molar-refractivity contribution >= 4 is 37.5 Å². The van der Waals surface area contributed by atoms with Crippen LogP contribution in [0.25, 0.3) is 21.5 Å². The third kappa shape index (κ3) is 1.72. The molecule has 0 amide bonds. The van der Waals surface area contributed by atoms with Crippen LogP contribution in [0, 0.1) is 0 Å². The van der Waals surface area contributed by atoms with Crippen LogP contribution in [0.4, 0.5) is 0 Å². The number of fused-ring (bicyclic) bond motifs is 5. The summed E-state index contributed by atoms with van der Waals surface area (Å²) >= 11 is 3.61. The molecule has 2 atom stereocenters. The van der Waals surface area contributed by atoms with E-state index in [2.05, 4.69) is 64.5 Å². The van der Waals surface area contributed by atoms with Crippen LogP contribution in [0.5, 0.6) is 0 Å². The fourth-order valence-electron chi connectivity index (χ4n) is 3.36. The van der Waals surface area contributed by atoms with Gasteiger partial charge in [0.25, 0.3) is 0 Å². The van der Waals surface area contributed by atoms with Gasteiger partial charge in [0.2, 0.25) is 0 Å². The molecule has 4 rings (SSSR count). The molecule has 1 N–H and O–H groups in total. The fourth-order valence-corrected chi connectivity index (χ4v) is 3.85. The molecule has 1 nitrogen and oxygen atoms in total. The monoisotopic (exact) mass is 326 g/mol. The third-order valence-electron chi connectivity index (χ3n) is 4.39. The second kappa shape index (κ2) is 4.57. The Morgan fingerprint density at radius 1 is 0.900 bits per heavy atom. The van der Waals surface area contributed by atoms with E-state index in [-0.39, 0.29) is 4.83 Å². The zero-order valence-electron chi connectivity index (χ0n) is 11.0. The van der Waals surface area contributed by atoms with Gasteiger partial charge in [0.15, 0.2) is 0 Å². The van der Waals surface area contributed by atoms with E-state index in [0.717, 1.165) is 18.4 Å². The third-order valence-corrected chi connectivity index (χ3v) is 5.34. The molecule has 100 valence electrons. The number of benzene rings is 3. The molecule has 0 fully saturated rings. The Hall–Kier alpha value is -1.38. The Bertz CT molecular complexity index is 809. The van der Waals surface area contributed by atoms with Crippen molar-refractivity contribution in [3.05, 3.63) is 59.7 Å². The van der Waals surface area contributed by atoms with Crippen LogP contribution in [0.15, 0.2) is 48.5 Å². The molecule has 2 heteroatoms. The van der Waals surface area contributed by atoms with Crippen molar-refractivity contribution in [1.82, 2.24) is 0 Å². The number of aliphatic hydroxyl groups excluding tert-OH is 1. The summed E-state index contributed by atoms with van der Waals surface area (Å²) < 4.78 is 0. The molecular weight excluding hydrogens is 312 g/mol. The molecule has 1 aliphatic carbocycles.